The van der Waals surface area contributed by atoms with Crippen molar-refractivity contribution in [1.82, 2.24) is 4.90 Å². The van der Waals surface area contributed by atoms with Crippen LogP contribution in [0.1, 0.15) is 19.3 Å². The number of benzene rings is 1. The van der Waals surface area contributed by atoms with Crippen molar-refractivity contribution < 1.29 is 14.3 Å². The monoisotopic (exact) mass is 302 g/mol. The second-order valence-electron chi connectivity index (χ2n) is 6.04. The molecule has 3 rings (SSSR count). The van der Waals surface area contributed by atoms with Crippen LogP contribution >= 0.6 is 0 Å². The van der Waals surface area contributed by atoms with E-state index in [0.29, 0.717) is 19.8 Å². The number of anilines is 1. The minimum absolute atomic E-state index is 0.00590. The highest BCUT2D eigenvalue weighted by molar-refractivity contribution is 5.93. The largest absolute Gasteiger partial charge is 0.381 e. The smallest absolute Gasteiger partial charge is 0.229 e. The van der Waals surface area contributed by atoms with E-state index in [2.05, 4.69) is 5.32 Å². The van der Waals surface area contributed by atoms with Gasteiger partial charge in [-0.25, -0.2) is 0 Å². The minimum Gasteiger partial charge on any atom is -0.381 e. The molecule has 1 aromatic carbocycles. The molecule has 2 aliphatic rings. The number of piperidine rings is 1. The second-order valence-corrected chi connectivity index (χ2v) is 6.04. The van der Waals surface area contributed by atoms with Gasteiger partial charge >= 0.3 is 0 Å². The molecule has 2 amide bonds. The van der Waals surface area contributed by atoms with E-state index in [1.165, 1.54) is 0 Å². The van der Waals surface area contributed by atoms with Crippen LogP contribution in [0.5, 0.6) is 0 Å². The molecule has 2 heterocycles. The zero-order valence-corrected chi connectivity index (χ0v) is 12.7. The first-order valence-corrected chi connectivity index (χ1v) is 7.96. The lowest BCUT2D eigenvalue weighted by Gasteiger charge is -2.33. The third-order valence-electron chi connectivity index (χ3n) is 4.42. The Bertz CT molecular complexity index is 526. The van der Waals surface area contributed by atoms with Crippen molar-refractivity contribution in [3.63, 3.8) is 0 Å². The summed E-state index contributed by atoms with van der Waals surface area (Å²) in [6.45, 7) is 2.47. The number of nitrogens with one attached hydrogen (secondary N) is 1. The molecule has 0 saturated carbocycles. The molecule has 118 valence electrons. The Kier molecular flexibility index (Phi) is 4.73. The van der Waals surface area contributed by atoms with Crippen LogP contribution in [0, 0.1) is 11.8 Å². The average Bonchev–Trinajstić information content (AvgIpc) is 3.09. The van der Waals surface area contributed by atoms with E-state index in [0.717, 1.165) is 31.5 Å². The molecule has 2 saturated heterocycles. The van der Waals surface area contributed by atoms with Gasteiger partial charge in [0, 0.05) is 25.4 Å². The summed E-state index contributed by atoms with van der Waals surface area (Å²) in [4.78, 5) is 26.7. The van der Waals surface area contributed by atoms with E-state index in [9.17, 15) is 9.59 Å². The maximum absolute atomic E-state index is 12.4. The molecule has 2 aliphatic heterocycles. The van der Waals surface area contributed by atoms with Crippen LogP contribution in [0.15, 0.2) is 30.3 Å². The number of amides is 2. The SMILES string of the molecule is O=C(Nc1ccccc1)C1CCCN(C(=O)C2CCOC2)C1. The van der Waals surface area contributed by atoms with Crippen molar-refractivity contribution in [2.75, 3.05) is 31.6 Å². The topological polar surface area (TPSA) is 58.6 Å². The van der Waals surface area contributed by atoms with Crippen LogP contribution < -0.4 is 5.32 Å². The molecule has 0 aromatic heterocycles. The Hall–Kier alpha value is -1.88. The molecule has 2 unspecified atom stereocenters. The number of hydrogen-bond donors (Lipinski definition) is 1. The summed E-state index contributed by atoms with van der Waals surface area (Å²) in [5.74, 6) is 0.0113. The summed E-state index contributed by atoms with van der Waals surface area (Å²) in [6, 6.07) is 9.46. The number of nitrogens with zero attached hydrogens (tertiary/aromatic N) is 1. The Morgan fingerprint density at radius 1 is 1.14 bits per heavy atom. The molecule has 0 bridgehead atoms. The fourth-order valence-corrected chi connectivity index (χ4v) is 3.14. The Morgan fingerprint density at radius 2 is 1.95 bits per heavy atom. The van der Waals surface area contributed by atoms with Crippen LogP contribution in [0.2, 0.25) is 0 Å². The molecular formula is C17H22N2O3. The van der Waals surface area contributed by atoms with Gasteiger partial charge in [-0.15, -0.1) is 0 Å². The summed E-state index contributed by atoms with van der Waals surface area (Å²) >= 11 is 0. The second kappa shape index (κ2) is 6.92. The van der Waals surface area contributed by atoms with Gasteiger partial charge in [0.05, 0.1) is 18.4 Å². The number of para-hydroxylation sites is 1. The summed E-state index contributed by atoms with van der Waals surface area (Å²) in [6.07, 6.45) is 2.52. The van der Waals surface area contributed by atoms with Crippen molar-refractivity contribution in [2.24, 2.45) is 11.8 Å². The molecule has 1 aromatic rings. The number of carbonyl (C=O) groups is 2. The van der Waals surface area contributed by atoms with Gasteiger partial charge in [0.2, 0.25) is 11.8 Å². The fraction of sp³-hybridized carbons (Fsp3) is 0.529. The Labute approximate surface area is 130 Å². The van der Waals surface area contributed by atoms with E-state index in [4.69, 9.17) is 4.74 Å². The molecule has 2 atom stereocenters. The van der Waals surface area contributed by atoms with Gasteiger partial charge in [-0.2, -0.15) is 0 Å². The molecule has 0 spiro atoms. The van der Waals surface area contributed by atoms with Gasteiger partial charge in [0.15, 0.2) is 0 Å². The number of hydrogen-bond acceptors (Lipinski definition) is 3. The third kappa shape index (κ3) is 3.47. The molecule has 0 radical (unpaired) electrons. The molecular weight excluding hydrogens is 280 g/mol. The summed E-state index contributed by atoms with van der Waals surface area (Å²) in [5, 5.41) is 2.94. The van der Waals surface area contributed by atoms with Gasteiger partial charge in [-0.05, 0) is 31.4 Å². The number of likely N-dealkylation sites (tertiary alicyclic amines) is 1. The van der Waals surface area contributed by atoms with Crippen molar-refractivity contribution in [2.45, 2.75) is 19.3 Å². The Balaban J connectivity index is 1.57. The first-order valence-electron chi connectivity index (χ1n) is 7.96. The van der Waals surface area contributed by atoms with Crippen LogP contribution in [0.3, 0.4) is 0 Å². The standard InChI is InChI=1S/C17H22N2O3/c20-16(18-15-6-2-1-3-7-15)13-5-4-9-19(11-13)17(21)14-8-10-22-12-14/h1-3,6-7,13-14H,4-5,8-12H2,(H,18,20). The third-order valence-corrected chi connectivity index (χ3v) is 4.42. The van der Waals surface area contributed by atoms with Crippen LogP contribution in [-0.2, 0) is 14.3 Å². The summed E-state index contributed by atoms with van der Waals surface area (Å²) in [7, 11) is 0. The highest BCUT2D eigenvalue weighted by Crippen LogP contribution is 2.23. The minimum atomic E-state index is -0.125. The maximum Gasteiger partial charge on any atom is 0.229 e. The van der Waals surface area contributed by atoms with E-state index >= 15 is 0 Å². The van der Waals surface area contributed by atoms with Crippen molar-refractivity contribution in [3.8, 4) is 0 Å². The lowest BCUT2D eigenvalue weighted by Crippen LogP contribution is -2.46. The Morgan fingerprint density at radius 3 is 2.68 bits per heavy atom. The highest BCUT2D eigenvalue weighted by Gasteiger charge is 2.33. The lowest BCUT2D eigenvalue weighted by molar-refractivity contribution is -0.138. The van der Waals surface area contributed by atoms with Crippen molar-refractivity contribution >= 4 is 17.5 Å². The first kappa shape index (κ1) is 15.0. The van der Waals surface area contributed by atoms with Gasteiger partial charge in [-0.3, -0.25) is 9.59 Å². The summed E-state index contributed by atoms with van der Waals surface area (Å²) in [5.41, 5.74) is 0.806. The summed E-state index contributed by atoms with van der Waals surface area (Å²) < 4.78 is 5.30. The molecule has 1 N–H and O–H groups in total. The van der Waals surface area contributed by atoms with E-state index in [1.54, 1.807) is 0 Å². The van der Waals surface area contributed by atoms with Crippen LogP contribution in [0.4, 0.5) is 5.69 Å². The molecule has 5 heteroatoms. The molecule has 5 nitrogen and oxygen atoms in total. The van der Waals surface area contributed by atoms with Gasteiger partial charge in [0.25, 0.3) is 0 Å². The van der Waals surface area contributed by atoms with Crippen molar-refractivity contribution in [3.05, 3.63) is 30.3 Å². The van der Waals surface area contributed by atoms with Crippen LogP contribution in [-0.4, -0.2) is 43.0 Å². The quantitative estimate of drug-likeness (QED) is 0.928. The van der Waals surface area contributed by atoms with Crippen LogP contribution in [0.25, 0.3) is 0 Å². The molecule has 0 aliphatic carbocycles. The lowest BCUT2D eigenvalue weighted by atomic mass is 9.95. The normalized spacial score (nSPS) is 25.0. The van der Waals surface area contributed by atoms with Gasteiger partial charge in [-0.1, -0.05) is 18.2 Å². The zero-order chi connectivity index (χ0) is 15.4. The fourth-order valence-electron chi connectivity index (χ4n) is 3.14. The van der Waals surface area contributed by atoms with Gasteiger partial charge in [0.1, 0.15) is 0 Å². The predicted molar refractivity (Wildman–Crippen MR) is 83.3 cm³/mol. The number of ether oxygens (including phenoxy) is 1. The molecule has 22 heavy (non-hydrogen) atoms. The van der Waals surface area contributed by atoms with Gasteiger partial charge < -0.3 is 15.0 Å². The highest BCUT2D eigenvalue weighted by atomic mass is 16.5. The van der Waals surface area contributed by atoms with E-state index in [-0.39, 0.29) is 23.7 Å². The number of rotatable bonds is 3. The maximum atomic E-state index is 12.4. The zero-order valence-electron chi connectivity index (χ0n) is 12.7. The van der Waals surface area contributed by atoms with E-state index < -0.39 is 0 Å². The molecule has 2 fully saturated rings. The van der Waals surface area contributed by atoms with E-state index in [1.807, 2.05) is 35.2 Å². The number of carbonyl (C=O) groups excluding carboxylic acids is 2. The predicted octanol–water partition coefficient (Wildman–Crippen LogP) is 1.90. The average molecular weight is 302 g/mol. The van der Waals surface area contributed by atoms with Crippen molar-refractivity contribution in [1.29, 1.82) is 0 Å². The first-order chi connectivity index (χ1) is 10.7.